The fourth-order valence-electron chi connectivity index (χ4n) is 7.05. The predicted molar refractivity (Wildman–Crippen MR) is 143 cm³/mol. The van der Waals surface area contributed by atoms with Crippen LogP contribution in [0.25, 0.3) is 0 Å². The standard InChI is InChI=1S/C31H32N2O5/c34-30(38-21-23-11-5-2-6-12-23)32-16-15-31-14-8-7-13-25(31)27(32)17-24-18-28(33(35)36)29(19-26(24)31)37-20-22-9-3-1-4-10-22/h1-6,9-12,18-19,25,27H,7-8,13-17,20-21H2/t25?,27-,31-/m0/s1. The number of carbonyl (C=O) groups is 1. The van der Waals surface area contributed by atoms with E-state index in [1.807, 2.05) is 71.6 Å². The summed E-state index contributed by atoms with van der Waals surface area (Å²) in [4.78, 5) is 26.9. The van der Waals surface area contributed by atoms with Crippen molar-refractivity contribution >= 4 is 11.8 Å². The molecule has 2 aliphatic carbocycles. The monoisotopic (exact) mass is 512 g/mol. The molecule has 7 heteroatoms. The van der Waals surface area contributed by atoms with Crippen LogP contribution in [0.5, 0.6) is 5.75 Å². The maximum atomic E-state index is 13.3. The lowest BCUT2D eigenvalue weighted by Crippen LogP contribution is -2.62. The minimum atomic E-state index is -0.354. The molecule has 196 valence electrons. The second-order valence-corrected chi connectivity index (χ2v) is 10.8. The Morgan fingerprint density at radius 1 is 0.974 bits per heavy atom. The third-order valence-corrected chi connectivity index (χ3v) is 8.79. The number of amides is 1. The maximum Gasteiger partial charge on any atom is 0.410 e. The van der Waals surface area contributed by atoms with Gasteiger partial charge < -0.3 is 14.4 Å². The molecule has 0 aromatic heterocycles. The number of piperidine rings is 1. The van der Waals surface area contributed by atoms with Crippen LogP contribution in [0.15, 0.2) is 72.8 Å². The average Bonchev–Trinajstić information content (AvgIpc) is 2.95. The lowest BCUT2D eigenvalue weighted by atomic mass is 9.52. The molecule has 1 saturated heterocycles. The topological polar surface area (TPSA) is 81.9 Å². The summed E-state index contributed by atoms with van der Waals surface area (Å²) in [6.07, 6.45) is 5.47. The lowest BCUT2D eigenvalue weighted by Gasteiger charge is -2.58. The van der Waals surface area contributed by atoms with E-state index in [1.54, 1.807) is 6.07 Å². The van der Waals surface area contributed by atoms with Crippen molar-refractivity contribution in [3.05, 3.63) is 105 Å². The molecule has 3 aromatic rings. The highest BCUT2D eigenvalue weighted by Crippen LogP contribution is 2.57. The van der Waals surface area contributed by atoms with Gasteiger partial charge in [0.25, 0.3) is 0 Å². The second kappa shape index (κ2) is 10.1. The summed E-state index contributed by atoms with van der Waals surface area (Å²) in [6.45, 7) is 1.15. The van der Waals surface area contributed by atoms with Crippen LogP contribution in [0.2, 0.25) is 0 Å². The summed E-state index contributed by atoms with van der Waals surface area (Å²) >= 11 is 0. The van der Waals surface area contributed by atoms with E-state index < -0.39 is 0 Å². The SMILES string of the molecule is O=C(OCc1ccccc1)N1CC[C@@]23CCCCC2[C@@H]1Cc1cc([N+](=O)[O-])c(OCc2ccccc2)cc13. The van der Waals surface area contributed by atoms with Crippen LogP contribution in [0.4, 0.5) is 10.5 Å². The minimum absolute atomic E-state index is 0.0124. The fourth-order valence-corrected chi connectivity index (χ4v) is 7.05. The molecule has 2 bridgehead atoms. The molecule has 3 atom stereocenters. The van der Waals surface area contributed by atoms with E-state index in [0.29, 0.717) is 24.6 Å². The molecular weight excluding hydrogens is 480 g/mol. The summed E-state index contributed by atoms with van der Waals surface area (Å²) < 4.78 is 11.8. The first kappa shape index (κ1) is 24.5. The van der Waals surface area contributed by atoms with E-state index in [4.69, 9.17) is 9.47 Å². The van der Waals surface area contributed by atoms with Gasteiger partial charge in [0.15, 0.2) is 5.75 Å². The zero-order chi connectivity index (χ0) is 26.1. The van der Waals surface area contributed by atoms with Crippen molar-refractivity contribution in [1.29, 1.82) is 0 Å². The number of benzene rings is 3. The van der Waals surface area contributed by atoms with Crippen LogP contribution in [0, 0.1) is 16.0 Å². The van der Waals surface area contributed by atoms with Crippen molar-refractivity contribution in [3.63, 3.8) is 0 Å². The van der Waals surface area contributed by atoms with Gasteiger partial charge in [-0.1, -0.05) is 73.5 Å². The van der Waals surface area contributed by atoms with Gasteiger partial charge in [0, 0.05) is 24.1 Å². The van der Waals surface area contributed by atoms with Crippen LogP contribution in [0.3, 0.4) is 0 Å². The number of hydrogen-bond acceptors (Lipinski definition) is 5. The zero-order valence-corrected chi connectivity index (χ0v) is 21.4. The van der Waals surface area contributed by atoms with Crippen LogP contribution >= 0.6 is 0 Å². The fraction of sp³-hybridized carbons (Fsp3) is 0.387. The first-order valence-corrected chi connectivity index (χ1v) is 13.5. The van der Waals surface area contributed by atoms with Crippen molar-refractivity contribution in [2.45, 2.75) is 63.2 Å². The van der Waals surface area contributed by atoms with Gasteiger partial charge in [-0.2, -0.15) is 0 Å². The van der Waals surface area contributed by atoms with Gasteiger partial charge in [-0.3, -0.25) is 10.1 Å². The summed E-state index contributed by atoms with van der Waals surface area (Å²) in [5, 5.41) is 12.1. The average molecular weight is 513 g/mol. The Balaban J connectivity index is 1.31. The molecule has 1 unspecified atom stereocenters. The largest absolute Gasteiger partial charge is 0.482 e. The van der Waals surface area contributed by atoms with Crippen molar-refractivity contribution in [3.8, 4) is 5.75 Å². The maximum absolute atomic E-state index is 13.3. The first-order valence-electron chi connectivity index (χ1n) is 13.5. The first-order chi connectivity index (χ1) is 18.5. The smallest absolute Gasteiger partial charge is 0.410 e. The van der Waals surface area contributed by atoms with Gasteiger partial charge in [-0.25, -0.2) is 4.79 Å². The number of carbonyl (C=O) groups excluding carboxylic acids is 1. The van der Waals surface area contributed by atoms with E-state index >= 15 is 0 Å². The minimum Gasteiger partial charge on any atom is -0.482 e. The molecule has 1 amide bonds. The van der Waals surface area contributed by atoms with Gasteiger partial charge in [0.2, 0.25) is 0 Å². The highest BCUT2D eigenvalue weighted by atomic mass is 16.6. The number of ether oxygens (including phenoxy) is 2. The van der Waals surface area contributed by atoms with Gasteiger partial charge >= 0.3 is 11.8 Å². The summed E-state index contributed by atoms with van der Waals surface area (Å²) in [7, 11) is 0. The van der Waals surface area contributed by atoms with Gasteiger partial charge in [-0.05, 0) is 59.9 Å². The molecule has 0 radical (unpaired) electrons. The molecule has 1 saturated carbocycles. The van der Waals surface area contributed by atoms with Crippen molar-refractivity contribution in [1.82, 2.24) is 4.90 Å². The van der Waals surface area contributed by atoms with Crippen LogP contribution in [0.1, 0.15) is 54.4 Å². The molecular formula is C31H32N2O5. The number of likely N-dealkylation sites (tertiary alicyclic amines) is 1. The number of nitro benzene ring substituents is 1. The van der Waals surface area contributed by atoms with E-state index in [2.05, 4.69) is 0 Å². The Kier molecular flexibility index (Phi) is 6.52. The van der Waals surface area contributed by atoms with Crippen molar-refractivity contribution in [2.24, 2.45) is 5.92 Å². The number of nitro groups is 1. The summed E-state index contributed by atoms with van der Waals surface area (Å²) in [5.41, 5.74) is 3.97. The molecule has 38 heavy (non-hydrogen) atoms. The predicted octanol–water partition coefficient (Wildman–Crippen LogP) is 6.57. The molecule has 1 heterocycles. The van der Waals surface area contributed by atoms with E-state index in [0.717, 1.165) is 48.8 Å². The van der Waals surface area contributed by atoms with Crippen LogP contribution in [-0.2, 0) is 29.8 Å². The molecule has 7 nitrogen and oxygen atoms in total. The van der Waals surface area contributed by atoms with E-state index in [-0.39, 0.29) is 41.4 Å². The van der Waals surface area contributed by atoms with Crippen LogP contribution < -0.4 is 4.74 Å². The van der Waals surface area contributed by atoms with Crippen LogP contribution in [-0.4, -0.2) is 28.5 Å². The van der Waals surface area contributed by atoms with Gasteiger partial charge in [0.1, 0.15) is 13.2 Å². The number of nitrogens with zero attached hydrogens (tertiary/aromatic N) is 2. The molecule has 0 N–H and O–H groups in total. The number of fused-ring (bicyclic) bond motifs is 1. The lowest BCUT2D eigenvalue weighted by molar-refractivity contribution is -0.386. The molecule has 0 spiro atoms. The zero-order valence-electron chi connectivity index (χ0n) is 21.4. The molecule has 2 fully saturated rings. The van der Waals surface area contributed by atoms with Crippen molar-refractivity contribution < 1.29 is 19.2 Å². The highest BCUT2D eigenvalue weighted by Gasteiger charge is 2.55. The van der Waals surface area contributed by atoms with E-state index in [1.165, 1.54) is 5.56 Å². The molecule has 1 aliphatic heterocycles. The Bertz CT molecular complexity index is 1330. The normalized spacial score (nSPS) is 23.6. The number of rotatable bonds is 6. The Morgan fingerprint density at radius 2 is 1.68 bits per heavy atom. The summed E-state index contributed by atoms with van der Waals surface area (Å²) in [6, 6.07) is 23.1. The highest BCUT2D eigenvalue weighted by molar-refractivity contribution is 5.69. The second-order valence-electron chi connectivity index (χ2n) is 10.8. The quantitative estimate of drug-likeness (QED) is 0.276. The van der Waals surface area contributed by atoms with Gasteiger partial charge in [-0.15, -0.1) is 0 Å². The molecule has 3 aromatic carbocycles. The molecule has 6 rings (SSSR count). The van der Waals surface area contributed by atoms with Crippen molar-refractivity contribution in [2.75, 3.05) is 6.54 Å². The third kappa shape index (κ3) is 4.40. The third-order valence-electron chi connectivity index (χ3n) is 8.79. The summed E-state index contributed by atoms with van der Waals surface area (Å²) in [5.74, 6) is 0.643. The molecule has 3 aliphatic rings. The van der Waals surface area contributed by atoms with Gasteiger partial charge in [0.05, 0.1) is 4.92 Å². The Hall–Kier alpha value is -3.87. The Labute approximate surface area is 222 Å². The number of hydrogen-bond donors (Lipinski definition) is 0. The van der Waals surface area contributed by atoms with E-state index in [9.17, 15) is 14.9 Å². The Morgan fingerprint density at radius 3 is 2.39 bits per heavy atom.